The maximum absolute atomic E-state index is 4.56. The third-order valence-electron chi connectivity index (χ3n) is 3.12. The smallest absolute Gasteiger partial charge is 0.132 e. The summed E-state index contributed by atoms with van der Waals surface area (Å²) in [6.45, 7) is 10.6. The average Bonchev–Trinajstić information content (AvgIpc) is 2.26. The van der Waals surface area contributed by atoms with Crippen LogP contribution in [-0.2, 0) is 6.42 Å². The summed E-state index contributed by atoms with van der Waals surface area (Å²) in [6, 6.07) is 3.15. The van der Waals surface area contributed by atoms with E-state index in [0.29, 0.717) is 12.1 Å². The third-order valence-corrected chi connectivity index (χ3v) is 3.12. The van der Waals surface area contributed by atoms with Gasteiger partial charge in [-0.25, -0.2) is 9.97 Å². The van der Waals surface area contributed by atoms with Crippen LogP contribution in [-0.4, -0.2) is 35.1 Å². The molecule has 17 heavy (non-hydrogen) atoms. The highest BCUT2D eigenvalue weighted by Crippen LogP contribution is 2.16. The Balaban J connectivity index is 2.23. The molecule has 1 N–H and O–H groups in total. The van der Waals surface area contributed by atoms with Gasteiger partial charge in [-0.1, -0.05) is 6.92 Å². The molecule has 94 valence electrons. The summed E-state index contributed by atoms with van der Waals surface area (Å²) in [5.74, 6) is 1.95. The monoisotopic (exact) mass is 234 g/mol. The molecule has 2 unspecified atom stereocenters. The number of rotatable bonds is 2. The van der Waals surface area contributed by atoms with Crippen LogP contribution in [0.15, 0.2) is 6.07 Å². The van der Waals surface area contributed by atoms with Crippen molar-refractivity contribution in [2.75, 3.05) is 18.0 Å². The molecule has 1 fully saturated rings. The van der Waals surface area contributed by atoms with Gasteiger partial charge < -0.3 is 10.2 Å². The first kappa shape index (κ1) is 12.3. The number of piperazine rings is 1. The number of nitrogens with one attached hydrogen (secondary N) is 1. The summed E-state index contributed by atoms with van der Waals surface area (Å²) >= 11 is 0. The zero-order chi connectivity index (χ0) is 12.4. The van der Waals surface area contributed by atoms with E-state index in [9.17, 15) is 0 Å². The molecule has 1 saturated heterocycles. The predicted molar refractivity (Wildman–Crippen MR) is 70.4 cm³/mol. The zero-order valence-electron chi connectivity index (χ0n) is 11.2. The van der Waals surface area contributed by atoms with Gasteiger partial charge in [0.15, 0.2) is 0 Å². The Labute approximate surface area is 103 Å². The van der Waals surface area contributed by atoms with Crippen LogP contribution < -0.4 is 10.2 Å². The van der Waals surface area contributed by atoms with Crippen LogP contribution >= 0.6 is 0 Å². The minimum absolute atomic E-state index is 0.513. The van der Waals surface area contributed by atoms with Crippen molar-refractivity contribution in [2.24, 2.45) is 0 Å². The maximum Gasteiger partial charge on any atom is 0.132 e. The molecule has 1 aromatic heterocycles. The summed E-state index contributed by atoms with van der Waals surface area (Å²) in [7, 11) is 0. The minimum Gasteiger partial charge on any atom is -0.353 e. The van der Waals surface area contributed by atoms with Gasteiger partial charge in [0.05, 0.1) is 0 Å². The zero-order valence-corrected chi connectivity index (χ0v) is 11.2. The largest absolute Gasteiger partial charge is 0.353 e. The summed E-state index contributed by atoms with van der Waals surface area (Å²) < 4.78 is 0. The summed E-state index contributed by atoms with van der Waals surface area (Å²) in [6.07, 6.45) is 0.966. The third kappa shape index (κ3) is 2.94. The van der Waals surface area contributed by atoms with E-state index in [4.69, 9.17) is 0 Å². The Hall–Kier alpha value is -1.16. The molecule has 0 saturated carbocycles. The van der Waals surface area contributed by atoms with Gasteiger partial charge in [-0.3, -0.25) is 0 Å². The normalized spacial score (nSPS) is 25.1. The molecular weight excluding hydrogens is 212 g/mol. The lowest BCUT2D eigenvalue weighted by Crippen LogP contribution is -2.54. The number of hydrogen-bond acceptors (Lipinski definition) is 4. The van der Waals surface area contributed by atoms with Crippen molar-refractivity contribution in [3.8, 4) is 0 Å². The summed E-state index contributed by atoms with van der Waals surface area (Å²) in [5.41, 5.74) is 1.13. The first-order valence-electron chi connectivity index (χ1n) is 6.44. The predicted octanol–water partition coefficient (Wildman–Crippen LogP) is 1.53. The molecule has 0 radical (unpaired) electrons. The molecule has 0 aliphatic carbocycles. The maximum atomic E-state index is 4.56. The van der Waals surface area contributed by atoms with Gasteiger partial charge in [0, 0.05) is 36.9 Å². The van der Waals surface area contributed by atoms with Crippen LogP contribution in [0, 0.1) is 6.92 Å². The van der Waals surface area contributed by atoms with Crippen LogP contribution in [0.1, 0.15) is 32.3 Å². The van der Waals surface area contributed by atoms with Crippen LogP contribution in [0.4, 0.5) is 5.82 Å². The molecule has 1 aliphatic rings. The van der Waals surface area contributed by atoms with Crippen molar-refractivity contribution in [2.45, 2.75) is 46.2 Å². The van der Waals surface area contributed by atoms with Gasteiger partial charge in [-0.2, -0.15) is 0 Å². The van der Waals surface area contributed by atoms with Gasteiger partial charge in [-0.05, 0) is 27.2 Å². The van der Waals surface area contributed by atoms with E-state index in [-0.39, 0.29) is 0 Å². The summed E-state index contributed by atoms with van der Waals surface area (Å²) in [4.78, 5) is 11.4. The van der Waals surface area contributed by atoms with E-state index in [0.717, 1.165) is 36.8 Å². The first-order valence-corrected chi connectivity index (χ1v) is 6.44. The van der Waals surface area contributed by atoms with Crippen molar-refractivity contribution in [3.05, 3.63) is 17.6 Å². The lowest BCUT2D eigenvalue weighted by molar-refractivity contribution is 0.405. The van der Waals surface area contributed by atoms with E-state index in [1.54, 1.807) is 0 Å². The van der Waals surface area contributed by atoms with Crippen molar-refractivity contribution >= 4 is 5.82 Å². The van der Waals surface area contributed by atoms with Crippen LogP contribution in [0.25, 0.3) is 0 Å². The highest BCUT2D eigenvalue weighted by molar-refractivity contribution is 5.41. The molecular formula is C13H22N4. The minimum atomic E-state index is 0.513. The standard InChI is InChI=1S/C13H22N4/c1-5-12-6-13(16-11(4)15-12)17-7-9(2)14-10(3)8-17/h6,9-10,14H,5,7-8H2,1-4H3. The lowest BCUT2D eigenvalue weighted by Gasteiger charge is -2.37. The van der Waals surface area contributed by atoms with Gasteiger partial charge in [0.1, 0.15) is 11.6 Å². The van der Waals surface area contributed by atoms with E-state index in [1.807, 2.05) is 6.92 Å². The Bertz CT molecular complexity index is 381. The fraction of sp³-hybridized carbons (Fsp3) is 0.692. The van der Waals surface area contributed by atoms with E-state index in [1.165, 1.54) is 0 Å². The highest BCUT2D eigenvalue weighted by atomic mass is 15.3. The quantitative estimate of drug-likeness (QED) is 0.842. The molecule has 2 atom stereocenters. The number of hydrogen-bond donors (Lipinski definition) is 1. The van der Waals surface area contributed by atoms with Gasteiger partial charge in [-0.15, -0.1) is 0 Å². The van der Waals surface area contributed by atoms with Gasteiger partial charge in [0.2, 0.25) is 0 Å². The average molecular weight is 234 g/mol. The van der Waals surface area contributed by atoms with Crippen molar-refractivity contribution in [3.63, 3.8) is 0 Å². The molecule has 4 nitrogen and oxygen atoms in total. The highest BCUT2D eigenvalue weighted by Gasteiger charge is 2.22. The Kier molecular flexibility index (Phi) is 3.62. The van der Waals surface area contributed by atoms with Crippen LogP contribution in [0.3, 0.4) is 0 Å². The SMILES string of the molecule is CCc1cc(N2CC(C)NC(C)C2)nc(C)n1. The first-order chi connectivity index (χ1) is 8.08. The molecule has 0 bridgehead atoms. The van der Waals surface area contributed by atoms with Crippen molar-refractivity contribution < 1.29 is 0 Å². The molecule has 0 amide bonds. The Morgan fingerprint density at radius 3 is 2.53 bits per heavy atom. The van der Waals surface area contributed by atoms with Crippen molar-refractivity contribution in [1.82, 2.24) is 15.3 Å². The number of nitrogens with zero attached hydrogens (tertiary/aromatic N) is 3. The van der Waals surface area contributed by atoms with Crippen LogP contribution in [0.2, 0.25) is 0 Å². The molecule has 2 rings (SSSR count). The number of aromatic nitrogens is 2. The second kappa shape index (κ2) is 5.00. The van der Waals surface area contributed by atoms with Crippen LogP contribution in [0.5, 0.6) is 0 Å². The fourth-order valence-corrected chi connectivity index (χ4v) is 2.47. The Morgan fingerprint density at radius 2 is 1.94 bits per heavy atom. The topological polar surface area (TPSA) is 41.0 Å². The molecule has 1 aliphatic heterocycles. The number of anilines is 1. The number of aryl methyl sites for hydroxylation is 2. The molecule has 4 heteroatoms. The summed E-state index contributed by atoms with van der Waals surface area (Å²) in [5, 5.41) is 3.54. The van der Waals surface area contributed by atoms with E-state index >= 15 is 0 Å². The molecule has 1 aromatic rings. The molecule has 2 heterocycles. The molecule has 0 aromatic carbocycles. The molecule has 0 spiro atoms. The fourth-order valence-electron chi connectivity index (χ4n) is 2.47. The second-order valence-corrected chi connectivity index (χ2v) is 4.99. The van der Waals surface area contributed by atoms with Gasteiger partial charge in [0.25, 0.3) is 0 Å². The second-order valence-electron chi connectivity index (χ2n) is 4.99. The van der Waals surface area contributed by atoms with Crippen molar-refractivity contribution in [1.29, 1.82) is 0 Å². The lowest BCUT2D eigenvalue weighted by atomic mass is 10.1. The Morgan fingerprint density at radius 1 is 1.29 bits per heavy atom. The van der Waals surface area contributed by atoms with E-state index in [2.05, 4.69) is 47.0 Å². The van der Waals surface area contributed by atoms with E-state index < -0.39 is 0 Å². The van der Waals surface area contributed by atoms with Gasteiger partial charge >= 0.3 is 0 Å².